The van der Waals surface area contributed by atoms with Gasteiger partial charge in [0.05, 0.1) is 0 Å². The number of hydrogen-bond donors (Lipinski definition) is 2. The first kappa shape index (κ1) is 15.7. The van der Waals surface area contributed by atoms with Crippen molar-refractivity contribution in [3.63, 3.8) is 0 Å². The third-order valence-corrected chi connectivity index (χ3v) is 3.17. The van der Waals surface area contributed by atoms with Gasteiger partial charge in [0.25, 0.3) is 0 Å². The second kappa shape index (κ2) is 7.97. The van der Waals surface area contributed by atoms with Crippen LogP contribution in [0.4, 0.5) is 0 Å². The van der Waals surface area contributed by atoms with Crippen LogP contribution in [0.15, 0.2) is 29.8 Å². The van der Waals surface area contributed by atoms with E-state index in [0.29, 0.717) is 17.0 Å². The van der Waals surface area contributed by atoms with E-state index in [1.54, 1.807) is 19.1 Å². The lowest BCUT2D eigenvalue weighted by molar-refractivity contribution is -0.118. The number of carbonyl (C=O) groups is 1. The van der Waals surface area contributed by atoms with Crippen LogP contribution in [0, 0.1) is 0 Å². The summed E-state index contributed by atoms with van der Waals surface area (Å²) in [5, 5.41) is 12.5. The van der Waals surface area contributed by atoms with Gasteiger partial charge < -0.3 is 10.4 Å². The van der Waals surface area contributed by atoms with Crippen molar-refractivity contribution in [2.45, 2.75) is 32.7 Å². The molecule has 1 atom stereocenters. The Labute approximate surface area is 119 Å². The molecule has 19 heavy (non-hydrogen) atoms. The van der Waals surface area contributed by atoms with Crippen LogP contribution in [-0.2, 0) is 4.79 Å². The van der Waals surface area contributed by atoms with Crippen molar-refractivity contribution >= 4 is 23.6 Å². The molecule has 4 heteroatoms. The lowest BCUT2D eigenvalue weighted by atomic mass is 10.1. The Morgan fingerprint density at radius 1 is 1.42 bits per heavy atom. The molecule has 104 valence electrons. The predicted octanol–water partition coefficient (Wildman–Crippen LogP) is 3.02. The van der Waals surface area contributed by atoms with Crippen LogP contribution >= 0.6 is 11.6 Å². The fraction of sp³-hybridized carbons (Fsp3) is 0.400. The molecule has 1 unspecified atom stereocenters. The van der Waals surface area contributed by atoms with Gasteiger partial charge in [-0.15, -0.1) is 0 Å². The van der Waals surface area contributed by atoms with Crippen molar-refractivity contribution in [3.05, 3.63) is 40.4 Å². The molecule has 0 aliphatic rings. The number of rotatable bonds is 6. The Balaban J connectivity index is 2.67. The van der Waals surface area contributed by atoms with Gasteiger partial charge in [-0.2, -0.15) is 0 Å². The largest absolute Gasteiger partial charge is 0.396 e. The van der Waals surface area contributed by atoms with Crippen LogP contribution in [-0.4, -0.2) is 23.7 Å². The van der Waals surface area contributed by atoms with Crippen molar-refractivity contribution in [1.29, 1.82) is 0 Å². The first-order chi connectivity index (χ1) is 9.06. The van der Waals surface area contributed by atoms with Gasteiger partial charge in [0.1, 0.15) is 0 Å². The highest BCUT2D eigenvalue weighted by atomic mass is 35.5. The smallest absolute Gasteiger partial charge is 0.247 e. The molecule has 0 saturated heterocycles. The Morgan fingerprint density at radius 2 is 2.05 bits per heavy atom. The maximum Gasteiger partial charge on any atom is 0.247 e. The molecule has 0 aliphatic heterocycles. The minimum absolute atomic E-state index is 0.0195. The minimum atomic E-state index is -0.102. The summed E-state index contributed by atoms with van der Waals surface area (Å²) < 4.78 is 0. The summed E-state index contributed by atoms with van der Waals surface area (Å²) in [6, 6.07) is 7.33. The number of benzene rings is 1. The van der Waals surface area contributed by atoms with E-state index >= 15 is 0 Å². The first-order valence-corrected chi connectivity index (χ1v) is 6.80. The molecule has 1 aromatic rings. The van der Waals surface area contributed by atoms with E-state index in [-0.39, 0.29) is 18.6 Å². The topological polar surface area (TPSA) is 49.3 Å². The van der Waals surface area contributed by atoms with Crippen molar-refractivity contribution in [2.24, 2.45) is 0 Å². The summed E-state index contributed by atoms with van der Waals surface area (Å²) in [5.74, 6) is -0.102. The van der Waals surface area contributed by atoms with E-state index in [2.05, 4.69) is 5.32 Å². The van der Waals surface area contributed by atoms with E-state index in [0.717, 1.165) is 12.0 Å². The molecule has 0 radical (unpaired) electrons. The highest BCUT2D eigenvalue weighted by Gasteiger charge is 2.11. The van der Waals surface area contributed by atoms with Gasteiger partial charge >= 0.3 is 0 Å². The van der Waals surface area contributed by atoms with Crippen LogP contribution in [0.25, 0.3) is 6.08 Å². The van der Waals surface area contributed by atoms with Gasteiger partial charge in [0.2, 0.25) is 5.91 Å². The third-order valence-electron chi connectivity index (χ3n) is 2.92. The van der Waals surface area contributed by atoms with Gasteiger partial charge in [0.15, 0.2) is 0 Å². The van der Waals surface area contributed by atoms with E-state index in [1.807, 2.05) is 25.1 Å². The third kappa shape index (κ3) is 5.45. The van der Waals surface area contributed by atoms with Crippen LogP contribution in [0.5, 0.6) is 0 Å². The second-order valence-electron chi connectivity index (χ2n) is 4.47. The second-order valence-corrected chi connectivity index (χ2v) is 4.91. The normalized spacial score (nSPS) is 13.2. The average molecular weight is 282 g/mol. The quantitative estimate of drug-likeness (QED) is 0.788. The van der Waals surface area contributed by atoms with Gasteiger partial charge in [-0.05, 0) is 43.5 Å². The van der Waals surface area contributed by atoms with E-state index in [4.69, 9.17) is 16.7 Å². The molecule has 0 bridgehead atoms. The van der Waals surface area contributed by atoms with Gasteiger partial charge in [-0.25, -0.2) is 0 Å². The first-order valence-electron chi connectivity index (χ1n) is 6.42. The van der Waals surface area contributed by atoms with E-state index < -0.39 is 0 Å². The lowest BCUT2D eigenvalue weighted by Crippen LogP contribution is -2.35. The predicted molar refractivity (Wildman–Crippen MR) is 79.0 cm³/mol. The molecule has 0 heterocycles. The molecular weight excluding hydrogens is 262 g/mol. The van der Waals surface area contributed by atoms with Crippen LogP contribution in [0.3, 0.4) is 0 Å². The van der Waals surface area contributed by atoms with Crippen molar-refractivity contribution in [1.82, 2.24) is 5.32 Å². The molecule has 1 aromatic carbocycles. The number of amides is 1. The summed E-state index contributed by atoms with van der Waals surface area (Å²) >= 11 is 5.81. The molecule has 0 aliphatic carbocycles. The summed E-state index contributed by atoms with van der Waals surface area (Å²) in [5.41, 5.74) is 1.57. The molecule has 1 amide bonds. The highest BCUT2D eigenvalue weighted by molar-refractivity contribution is 6.30. The Morgan fingerprint density at radius 3 is 2.58 bits per heavy atom. The zero-order valence-corrected chi connectivity index (χ0v) is 12.1. The highest BCUT2D eigenvalue weighted by Crippen LogP contribution is 2.12. The van der Waals surface area contributed by atoms with Crippen LogP contribution in [0.2, 0.25) is 5.02 Å². The zero-order valence-electron chi connectivity index (χ0n) is 11.3. The maximum absolute atomic E-state index is 12.0. The number of carbonyl (C=O) groups excluding carboxylic acids is 1. The molecule has 1 rings (SSSR count). The standard InChI is InChI=1S/C15H20ClNO2/c1-3-14(8-9-18)17-15(19)11(2)10-12-4-6-13(16)7-5-12/h4-7,10,14,18H,3,8-9H2,1-2H3,(H,17,19)/b11-10+. The number of halogens is 1. The molecule has 0 fully saturated rings. The van der Waals surface area contributed by atoms with Crippen molar-refractivity contribution in [2.75, 3.05) is 6.61 Å². The van der Waals surface area contributed by atoms with E-state index in [9.17, 15) is 4.79 Å². The fourth-order valence-electron chi connectivity index (χ4n) is 1.71. The van der Waals surface area contributed by atoms with Gasteiger partial charge in [-0.3, -0.25) is 4.79 Å². The number of nitrogens with one attached hydrogen (secondary N) is 1. The fourth-order valence-corrected chi connectivity index (χ4v) is 1.83. The molecule has 2 N–H and O–H groups in total. The monoisotopic (exact) mass is 281 g/mol. The molecule has 0 spiro atoms. The lowest BCUT2D eigenvalue weighted by Gasteiger charge is -2.15. The Hall–Kier alpha value is -1.32. The molecular formula is C15H20ClNO2. The SMILES string of the molecule is CCC(CCO)NC(=O)/C(C)=C/c1ccc(Cl)cc1. The van der Waals surface area contributed by atoms with Crippen LogP contribution < -0.4 is 5.32 Å². The summed E-state index contributed by atoms with van der Waals surface area (Å²) in [4.78, 5) is 12.0. The van der Waals surface area contributed by atoms with E-state index in [1.165, 1.54) is 0 Å². The van der Waals surface area contributed by atoms with Crippen molar-refractivity contribution in [3.8, 4) is 0 Å². The zero-order chi connectivity index (χ0) is 14.3. The van der Waals surface area contributed by atoms with Gasteiger partial charge in [0, 0.05) is 23.2 Å². The van der Waals surface area contributed by atoms with Crippen LogP contribution in [0.1, 0.15) is 32.3 Å². The maximum atomic E-state index is 12.0. The number of aliphatic hydroxyl groups excluding tert-OH is 1. The van der Waals surface area contributed by atoms with Crippen molar-refractivity contribution < 1.29 is 9.90 Å². The average Bonchev–Trinajstić information content (AvgIpc) is 2.40. The number of hydrogen-bond acceptors (Lipinski definition) is 2. The summed E-state index contributed by atoms with van der Waals surface area (Å²) in [6.07, 6.45) is 3.20. The molecule has 3 nitrogen and oxygen atoms in total. The summed E-state index contributed by atoms with van der Waals surface area (Å²) in [7, 11) is 0. The van der Waals surface area contributed by atoms with Gasteiger partial charge in [-0.1, -0.05) is 30.7 Å². The molecule has 0 aromatic heterocycles. The Bertz CT molecular complexity index is 440. The number of aliphatic hydroxyl groups is 1. The Kier molecular flexibility index (Phi) is 6.60. The molecule has 0 saturated carbocycles. The minimum Gasteiger partial charge on any atom is -0.396 e. The summed E-state index contributed by atoms with van der Waals surface area (Å²) in [6.45, 7) is 3.84.